The first-order valence-electron chi connectivity index (χ1n) is 10.3. The number of ether oxygens (including phenoxy) is 2. The van der Waals surface area contributed by atoms with Crippen LogP contribution in [0.2, 0.25) is 0 Å². The Balaban J connectivity index is 1.28. The Morgan fingerprint density at radius 2 is 1.52 bits per heavy atom. The molecule has 0 saturated carbocycles. The molecule has 1 heterocycles. The molecule has 4 aromatic rings. The molecule has 1 aliphatic rings. The lowest BCUT2D eigenvalue weighted by molar-refractivity contribution is -0.125. The molecule has 4 aromatic carbocycles. The third-order valence-corrected chi connectivity index (χ3v) is 6.65. The lowest BCUT2D eigenvalue weighted by atomic mass is 10.1. The number of nitrogens with one attached hydrogen (secondary N) is 2. The standard InChI is InChI=1S/C25H20N2O5S/c28-25(24-16-31-22-10-3-4-11-23(22)32-24)26-18-12-14-19(15-13-18)33(29,30)27-21-9-5-7-17-6-1-2-8-20(17)21/h1-15,24,27H,16H2,(H,26,28)/t24-/m1/s1. The molecule has 1 aliphatic heterocycles. The molecule has 166 valence electrons. The molecule has 0 spiro atoms. The number of hydrogen-bond donors (Lipinski definition) is 2. The number of rotatable bonds is 5. The summed E-state index contributed by atoms with van der Waals surface area (Å²) in [5.41, 5.74) is 0.951. The molecule has 0 aliphatic carbocycles. The van der Waals surface area contributed by atoms with Crippen LogP contribution in [0.3, 0.4) is 0 Å². The summed E-state index contributed by atoms with van der Waals surface area (Å²) in [5, 5.41) is 4.48. The number of amides is 1. The van der Waals surface area contributed by atoms with Crippen LogP contribution in [0.5, 0.6) is 11.5 Å². The fourth-order valence-electron chi connectivity index (χ4n) is 3.61. The van der Waals surface area contributed by atoms with Crippen molar-refractivity contribution in [2.24, 2.45) is 0 Å². The molecule has 1 amide bonds. The Morgan fingerprint density at radius 1 is 0.818 bits per heavy atom. The Hall–Kier alpha value is -4.04. The fraction of sp³-hybridized carbons (Fsp3) is 0.0800. The van der Waals surface area contributed by atoms with E-state index >= 15 is 0 Å². The van der Waals surface area contributed by atoms with E-state index in [9.17, 15) is 13.2 Å². The Labute approximate surface area is 191 Å². The highest BCUT2D eigenvalue weighted by Gasteiger charge is 2.27. The molecule has 0 radical (unpaired) electrons. The van der Waals surface area contributed by atoms with Crippen LogP contribution in [0.25, 0.3) is 10.8 Å². The van der Waals surface area contributed by atoms with Crippen molar-refractivity contribution in [1.82, 2.24) is 0 Å². The lowest BCUT2D eigenvalue weighted by Crippen LogP contribution is -2.40. The predicted octanol–water partition coefficient (Wildman–Crippen LogP) is 4.42. The normalized spacial score (nSPS) is 15.1. The van der Waals surface area contributed by atoms with Gasteiger partial charge in [-0.2, -0.15) is 0 Å². The molecule has 0 saturated heterocycles. The summed E-state index contributed by atoms with van der Waals surface area (Å²) in [6.45, 7) is 0.0876. The van der Waals surface area contributed by atoms with Crippen LogP contribution >= 0.6 is 0 Å². The molecule has 8 heteroatoms. The largest absolute Gasteiger partial charge is 0.485 e. The maximum absolute atomic E-state index is 12.9. The van der Waals surface area contributed by atoms with Crippen molar-refractivity contribution in [2.75, 3.05) is 16.6 Å². The summed E-state index contributed by atoms with van der Waals surface area (Å²) in [6, 6.07) is 26.1. The second-order valence-electron chi connectivity index (χ2n) is 7.51. The van der Waals surface area contributed by atoms with Gasteiger partial charge in [-0.25, -0.2) is 8.42 Å². The smallest absolute Gasteiger partial charge is 0.269 e. The summed E-state index contributed by atoms with van der Waals surface area (Å²) in [5.74, 6) is 0.716. The van der Waals surface area contributed by atoms with Gasteiger partial charge in [-0.1, -0.05) is 48.5 Å². The van der Waals surface area contributed by atoms with Gasteiger partial charge in [0, 0.05) is 11.1 Å². The number of carbonyl (C=O) groups is 1. The summed E-state index contributed by atoms with van der Waals surface area (Å²) in [6.07, 6.45) is -0.809. The van der Waals surface area contributed by atoms with Crippen molar-refractivity contribution < 1.29 is 22.7 Å². The average Bonchev–Trinajstić information content (AvgIpc) is 2.84. The summed E-state index contributed by atoms with van der Waals surface area (Å²) >= 11 is 0. The first kappa shape index (κ1) is 20.8. The van der Waals surface area contributed by atoms with Gasteiger partial charge in [-0.3, -0.25) is 9.52 Å². The van der Waals surface area contributed by atoms with Gasteiger partial charge in [-0.05, 0) is 47.9 Å². The zero-order valence-corrected chi connectivity index (χ0v) is 18.2. The molecule has 0 aromatic heterocycles. The zero-order chi connectivity index (χ0) is 22.8. The maximum atomic E-state index is 12.9. The molecule has 1 atom stereocenters. The van der Waals surface area contributed by atoms with Crippen LogP contribution in [-0.2, 0) is 14.8 Å². The Morgan fingerprint density at radius 3 is 2.33 bits per heavy atom. The van der Waals surface area contributed by atoms with Crippen LogP contribution in [0.15, 0.2) is 95.9 Å². The van der Waals surface area contributed by atoms with E-state index in [1.165, 1.54) is 24.3 Å². The molecule has 33 heavy (non-hydrogen) atoms. The molecule has 0 bridgehead atoms. The molecule has 0 fully saturated rings. The number of benzene rings is 4. The number of carbonyl (C=O) groups excluding carboxylic acids is 1. The highest BCUT2D eigenvalue weighted by Crippen LogP contribution is 2.31. The van der Waals surface area contributed by atoms with Crippen molar-refractivity contribution >= 4 is 38.1 Å². The van der Waals surface area contributed by atoms with Crippen molar-refractivity contribution in [3.05, 3.63) is 91.0 Å². The van der Waals surface area contributed by atoms with Gasteiger partial charge in [-0.15, -0.1) is 0 Å². The SMILES string of the molecule is O=C(Nc1ccc(S(=O)(=O)Nc2cccc3ccccc23)cc1)[C@H]1COc2ccccc2O1. The maximum Gasteiger partial charge on any atom is 0.269 e. The van der Waals surface area contributed by atoms with Gasteiger partial charge in [0.05, 0.1) is 10.6 Å². The minimum absolute atomic E-state index is 0.0830. The van der Waals surface area contributed by atoms with Gasteiger partial charge in [0.15, 0.2) is 11.5 Å². The van der Waals surface area contributed by atoms with Crippen LogP contribution in [-0.4, -0.2) is 27.0 Å². The van der Waals surface area contributed by atoms with Crippen LogP contribution in [0, 0.1) is 0 Å². The summed E-state index contributed by atoms with van der Waals surface area (Å²) in [7, 11) is -3.81. The summed E-state index contributed by atoms with van der Waals surface area (Å²) in [4.78, 5) is 12.7. The number of sulfonamides is 1. The number of para-hydroxylation sites is 2. The topological polar surface area (TPSA) is 93.7 Å². The van der Waals surface area contributed by atoms with E-state index in [4.69, 9.17) is 9.47 Å². The zero-order valence-electron chi connectivity index (χ0n) is 17.4. The van der Waals surface area contributed by atoms with Gasteiger partial charge < -0.3 is 14.8 Å². The first-order chi connectivity index (χ1) is 16.0. The lowest BCUT2D eigenvalue weighted by Gasteiger charge is -2.25. The van der Waals surface area contributed by atoms with E-state index in [2.05, 4.69) is 10.0 Å². The second-order valence-corrected chi connectivity index (χ2v) is 9.19. The molecule has 5 rings (SSSR count). The van der Waals surface area contributed by atoms with Crippen LogP contribution < -0.4 is 19.5 Å². The Kier molecular flexibility index (Phi) is 5.35. The number of hydrogen-bond acceptors (Lipinski definition) is 5. The molecular weight excluding hydrogens is 440 g/mol. The number of anilines is 2. The second kappa shape index (κ2) is 8.48. The van der Waals surface area contributed by atoms with Crippen molar-refractivity contribution in [3.8, 4) is 11.5 Å². The van der Waals surface area contributed by atoms with Gasteiger partial charge >= 0.3 is 0 Å². The van der Waals surface area contributed by atoms with Crippen molar-refractivity contribution in [2.45, 2.75) is 11.0 Å². The third-order valence-electron chi connectivity index (χ3n) is 5.27. The molecule has 7 nitrogen and oxygen atoms in total. The van der Waals surface area contributed by atoms with E-state index in [0.29, 0.717) is 22.9 Å². The van der Waals surface area contributed by atoms with Crippen LogP contribution in [0.1, 0.15) is 0 Å². The molecule has 0 unspecified atom stereocenters. The van der Waals surface area contributed by atoms with Gasteiger partial charge in [0.2, 0.25) is 6.10 Å². The van der Waals surface area contributed by atoms with Gasteiger partial charge in [0.25, 0.3) is 15.9 Å². The van der Waals surface area contributed by atoms with Gasteiger partial charge in [0.1, 0.15) is 6.61 Å². The minimum atomic E-state index is -3.81. The Bertz CT molecular complexity index is 1430. The van der Waals surface area contributed by atoms with E-state index in [1.54, 1.807) is 30.3 Å². The van der Waals surface area contributed by atoms with E-state index in [0.717, 1.165) is 10.8 Å². The highest BCUT2D eigenvalue weighted by molar-refractivity contribution is 7.92. The third kappa shape index (κ3) is 4.33. The molecule has 2 N–H and O–H groups in total. The molecular formula is C25H20N2O5S. The van der Waals surface area contributed by atoms with E-state index in [-0.39, 0.29) is 17.4 Å². The van der Waals surface area contributed by atoms with E-state index in [1.807, 2.05) is 36.4 Å². The van der Waals surface area contributed by atoms with E-state index < -0.39 is 16.1 Å². The summed E-state index contributed by atoms with van der Waals surface area (Å²) < 4.78 is 39.7. The van der Waals surface area contributed by atoms with Crippen LogP contribution in [0.4, 0.5) is 11.4 Å². The minimum Gasteiger partial charge on any atom is -0.485 e. The number of fused-ring (bicyclic) bond motifs is 2. The van der Waals surface area contributed by atoms with Crippen molar-refractivity contribution in [1.29, 1.82) is 0 Å². The quantitative estimate of drug-likeness (QED) is 0.460. The first-order valence-corrected chi connectivity index (χ1v) is 11.8. The fourth-order valence-corrected chi connectivity index (χ4v) is 4.69. The highest BCUT2D eigenvalue weighted by atomic mass is 32.2. The average molecular weight is 461 g/mol. The van der Waals surface area contributed by atoms with Crippen molar-refractivity contribution in [3.63, 3.8) is 0 Å². The predicted molar refractivity (Wildman–Crippen MR) is 126 cm³/mol. The monoisotopic (exact) mass is 460 g/mol.